The molecule has 0 saturated heterocycles. The van der Waals surface area contributed by atoms with Crippen molar-refractivity contribution in [2.24, 2.45) is 5.73 Å². The van der Waals surface area contributed by atoms with Gasteiger partial charge in [0.2, 0.25) is 5.82 Å². The Hall–Kier alpha value is -1.36. The van der Waals surface area contributed by atoms with Crippen molar-refractivity contribution in [2.75, 3.05) is 7.11 Å². The van der Waals surface area contributed by atoms with Crippen molar-refractivity contribution in [1.82, 2.24) is 0 Å². The quantitative estimate of drug-likeness (QED) is 0.815. The number of phenolic OH excluding ortho intramolecular Hbond substituents is 1. The SMILES string of the molecule is COc1cc(C2(N)CCC2)c(F)c(O)c1F. The van der Waals surface area contributed by atoms with E-state index in [9.17, 15) is 13.9 Å². The Morgan fingerprint density at radius 3 is 2.44 bits per heavy atom. The summed E-state index contributed by atoms with van der Waals surface area (Å²) in [6.07, 6.45) is 2.15. The van der Waals surface area contributed by atoms with E-state index in [4.69, 9.17) is 10.5 Å². The van der Waals surface area contributed by atoms with Crippen molar-refractivity contribution in [3.63, 3.8) is 0 Å². The summed E-state index contributed by atoms with van der Waals surface area (Å²) in [5.41, 5.74) is 5.26. The van der Waals surface area contributed by atoms with Crippen LogP contribution in [0.25, 0.3) is 0 Å². The van der Waals surface area contributed by atoms with Crippen molar-refractivity contribution in [1.29, 1.82) is 0 Å². The van der Waals surface area contributed by atoms with Crippen LogP contribution in [0.15, 0.2) is 6.07 Å². The molecule has 1 fully saturated rings. The Kier molecular flexibility index (Phi) is 2.50. The van der Waals surface area contributed by atoms with Crippen molar-refractivity contribution in [3.8, 4) is 11.5 Å². The van der Waals surface area contributed by atoms with Crippen LogP contribution in [0.1, 0.15) is 24.8 Å². The van der Waals surface area contributed by atoms with Crippen LogP contribution in [0.4, 0.5) is 8.78 Å². The van der Waals surface area contributed by atoms with E-state index in [2.05, 4.69) is 0 Å². The summed E-state index contributed by atoms with van der Waals surface area (Å²) in [5, 5.41) is 9.30. The number of benzene rings is 1. The van der Waals surface area contributed by atoms with Gasteiger partial charge in [0, 0.05) is 11.1 Å². The fourth-order valence-electron chi connectivity index (χ4n) is 1.94. The highest BCUT2D eigenvalue weighted by molar-refractivity contribution is 5.44. The number of hydrogen-bond donors (Lipinski definition) is 2. The predicted octanol–water partition coefficient (Wildman–Crippen LogP) is 2.02. The molecule has 0 aromatic heterocycles. The second-order valence-corrected chi connectivity index (χ2v) is 4.11. The van der Waals surface area contributed by atoms with Crippen LogP contribution in [0.2, 0.25) is 0 Å². The van der Waals surface area contributed by atoms with Gasteiger partial charge in [-0.15, -0.1) is 0 Å². The number of ether oxygens (including phenoxy) is 1. The van der Waals surface area contributed by atoms with Crippen molar-refractivity contribution >= 4 is 0 Å². The lowest BCUT2D eigenvalue weighted by molar-refractivity contribution is 0.238. The van der Waals surface area contributed by atoms with E-state index in [-0.39, 0.29) is 11.3 Å². The third-order valence-corrected chi connectivity index (χ3v) is 3.15. The highest BCUT2D eigenvalue weighted by Gasteiger charge is 2.38. The lowest BCUT2D eigenvalue weighted by Gasteiger charge is -2.38. The Balaban J connectivity index is 2.57. The average Bonchev–Trinajstić information content (AvgIpc) is 2.23. The second kappa shape index (κ2) is 3.59. The van der Waals surface area contributed by atoms with Gasteiger partial charge in [0.05, 0.1) is 7.11 Å². The van der Waals surface area contributed by atoms with E-state index < -0.39 is 22.9 Å². The van der Waals surface area contributed by atoms with E-state index in [1.807, 2.05) is 0 Å². The topological polar surface area (TPSA) is 55.5 Å². The van der Waals surface area contributed by atoms with Crippen molar-refractivity contribution in [2.45, 2.75) is 24.8 Å². The van der Waals surface area contributed by atoms with Gasteiger partial charge in [-0.25, -0.2) is 4.39 Å². The van der Waals surface area contributed by atoms with E-state index in [1.165, 1.54) is 13.2 Å². The van der Waals surface area contributed by atoms with Gasteiger partial charge >= 0.3 is 0 Å². The third-order valence-electron chi connectivity index (χ3n) is 3.15. The van der Waals surface area contributed by atoms with Crippen LogP contribution in [-0.4, -0.2) is 12.2 Å². The number of halogens is 2. The molecule has 5 heteroatoms. The second-order valence-electron chi connectivity index (χ2n) is 4.11. The molecule has 88 valence electrons. The summed E-state index contributed by atoms with van der Waals surface area (Å²) in [4.78, 5) is 0. The molecule has 0 unspecified atom stereocenters. The molecule has 0 amide bonds. The summed E-state index contributed by atoms with van der Waals surface area (Å²) < 4.78 is 31.7. The molecule has 0 atom stereocenters. The largest absolute Gasteiger partial charge is 0.503 e. The van der Waals surface area contributed by atoms with Crippen LogP contribution in [0, 0.1) is 11.6 Å². The Labute approximate surface area is 91.8 Å². The van der Waals surface area contributed by atoms with Crippen LogP contribution in [-0.2, 0) is 5.54 Å². The van der Waals surface area contributed by atoms with Gasteiger partial charge in [0.25, 0.3) is 0 Å². The molecule has 0 heterocycles. The van der Waals surface area contributed by atoms with Crippen LogP contribution < -0.4 is 10.5 Å². The standard InChI is InChI=1S/C11H13F2NO2/c1-16-7-5-6(11(14)3-2-4-11)8(12)10(15)9(7)13/h5,15H,2-4,14H2,1H3. The Morgan fingerprint density at radius 2 is 2.00 bits per heavy atom. The minimum absolute atomic E-state index is 0.120. The van der Waals surface area contributed by atoms with Gasteiger partial charge in [0.1, 0.15) is 0 Å². The third kappa shape index (κ3) is 1.43. The monoisotopic (exact) mass is 229 g/mol. The zero-order valence-corrected chi connectivity index (χ0v) is 8.89. The van der Waals surface area contributed by atoms with Gasteiger partial charge < -0.3 is 15.6 Å². The Bertz CT molecular complexity index is 430. The first-order chi connectivity index (χ1) is 7.49. The highest BCUT2D eigenvalue weighted by Crippen LogP contribution is 2.44. The molecule has 3 nitrogen and oxygen atoms in total. The molecular weight excluding hydrogens is 216 g/mol. The molecule has 0 radical (unpaired) electrons. The Morgan fingerprint density at radius 1 is 1.38 bits per heavy atom. The predicted molar refractivity (Wildman–Crippen MR) is 54.3 cm³/mol. The number of aromatic hydroxyl groups is 1. The minimum atomic E-state index is -1.09. The lowest BCUT2D eigenvalue weighted by Crippen LogP contribution is -2.44. The summed E-state index contributed by atoms with van der Waals surface area (Å²) in [7, 11) is 1.25. The van der Waals surface area contributed by atoms with Crippen LogP contribution in [0.3, 0.4) is 0 Å². The number of phenols is 1. The fourth-order valence-corrected chi connectivity index (χ4v) is 1.94. The summed E-state index contributed by atoms with van der Waals surface area (Å²) in [5.74, 6) is -3.29. The average molecular weight is 229 g/mol. The summed E-state index contributed by atoms with van der Waals surface area (Å²) in [6.45, 7) is 0. The zero-order valence-electron chi connectivity index (χ0n) is 8.89. The van der Waals surface area contributed by atoms with Gasteiger partial charge in [-0.3, -0.25) is 0 Å². The molecule has 1 saturated carbocycles. The van der Waals surface area contributed by atoms with E-state index in [0.29, 0.717) is 12.8 Å². The minimum Gasteiger partial charge on any atom is -0.503 e. The maximum atomic E-state index is 13.7. The first-order valence-electron chi connectivity index (χ1n) is 5.04. The molecule has 16 heavy (non-hydrogen) atoms. The lowest BCUT2D eigenvalue weighted by atomic mass is 9.72. The van der Waals surface area contributed by atoms with Gasteiger partial charge in [-0.1, -0.05) is 0 Å². The fraction of sp³-hybridized carbons (Fsp3) is 0.455. The molecule has 3 N–H and O–H groups in total. The van der Waals surface area contributed by atoms with Crippen LogP contribution in [0.5, 0.6) is 11.5 Å². The maximum Gasteiger partial charge on any atom is 0.209 e. The van der Waals surface area contributed by atoms with E-state index in [0.717, 1.165) is 6.42 Å². The molecule has 1 aromatic carbocycles. The smallest absolute Gasteiger partial charge is 0.209 e. The molecule has 1 aliphatic carbocycles. The summed E-state index contributed by atoms with van der Waals surface area (Å²) in [6, 6.07) is 1.23. The molecule has 2 rings (SSSR count). The number of rotatable bonds is 2. The zero-order chi connectivity index (χ0) is 11.9. The highest BCUT2D eigenvalue weighted by atomic mass is 19.1. The number of hydrogen-bond acceptors (Lipinski definition) is 3. The maximum absolute atomic E-state index is 13.7. The van der Waals surface area contributed by atoms with Crippen molar-refractivity contribution < 1.29 is 18.6 Å². The van der Waals surface area contributed by atoms with Gasteiger partial charge in [0.15, 0.2) is 17.3 Å². The van der Waals surface area contributed by atoms with Crippen LogP contribution >= 0.6 is 0 Å². The van der Waals surface area contributed by atoms with E-state index in [1.54, 1.807) is 0 Å². The van der Waals surface area contributed by atoms with Crippen molar-refractivity contribution in [3.05, 3.63) is 23.3 Å². The number of methoxy groups -OCH3 is 1. The van der Waals surface area contributed by atoms with Gasteiger partial charge in [-0.05, 0) is 25.3 Å². The molecule has 1 aromatic rings. The first kappa shape index (κ1) is 11.1. The van der Waals surface area contributed by atoms with E-state index >= 15 is 0 Å². The molecule has 1 aliphatic rings. The molecule has 0 spiro atoms. The number of nitrogens with two attached hydrogens (primary N) is 1. The molecule has 0 aliphatic heterocycles. The molecular formula is C11H13F2NO2. The first-order valence-corrected chi connectivity index (χ1v) is 5.04. The van der Waals surface area contributed by atoms with Gasteiger partial charge in [-0.2, -0.15) is 4.39 Å². The normalized spacial score (nSPS) is 18.0. The summed E-state index contributed by atoms with van der Waals surface area (Å²) >= 11 is 0. The molecule has 0 bridgehead atoms.